The van der Waals surface area contributed by atoms with Crippen LogP contribution in [0.2, 0.25) is 0 Å². The second-order valence-electron chi connectivity index (χ2n) is 8.35. The van der Waals surface area contributed by atoms with Crippen LogP contribution in [-0.2, 0) is 20.0 Å². The van der Waals surface area contributed by atoms with Crippen molar-refractivity contribution in [1.82, 2.24) is 9.80 Å². The molecule has 0 amide bonds. The highest BCUT2D eigenvalue weighted by Gasteiger charge is 2.34. The zero-order valence-corrected chi connectivity index (χ0v) is 18.0. The van der Waals surface area contributed by atoms with E-state index in [1.54, 1.807) is 0 Å². The molecule has 0 saturated carbocycles. The van der Waals surface area contributed by atoms with Crippen molar-refractivity contribution in [1.29, 1.82) is 0 Å². The molecule has 0 radical (unpaired) electrons. The maximum atomic E-state index is 11.5. The summed E-state index contributed by atoms with van der Waals surface area (Å²) in [5.74, 6) is 1.47. The van der Waals surface area contributed by atoms with Gasteiger partial charge in [0.15, 0.2) is 9.84 Å². The Morgan fingerprint density at radius 2 is 1.75 bits per heavy atom. The smallest absolute Gasteiger partial charge is 0.152 e. The minimum atomic E-state index is -2.80. The summed E-state index contributed by atoms with van der Waals surface area (Å²) in [6, 6.07) is 8.57. The molecule has 1 aromatic rings. The second kappa shape index (κ2) is 9.57. The minimum absolute atomic E-state index is 0.162. The Balaban J connectivity index is 1.47. The van der Waals surface area contributed by atoms with Crippen LogP contribution in [0.15, 0.2) is 24.3 Å². The van der Waals surface area contributed by atoms with Crippen molar-refractivity contribution in [2.24, 2.45) is 0 Å². The molecule has 0 aliphatic carbocycles. The summed E-state index contributed by atoms with van der Waals surface area (Å²) in [5, 5.41) is 0. The zero-order chi connectivity index (χ0) is 20.0. The van der Waals surface area contributed by atoms with Crippen molar-refractivity contribution >= 4 is 9.84 Å². The van der Waals surface area contributed by atoms with Crippen molar-refractivity contribution in [3.63, 3.8) is 0 Å². The predicted octanol–water partition coefficient (Wildman–Crippen LogP) is 1.80. The Hall–Kier alpha value is -1.15. The van der Waals surface area contributed by atoms with Crippen LogP contribution < -0.4 is 4.74 Å². The van der Waals surface area contributed by atoms with Crippen LogP contribution in [0.1, 0.15) is 24.8 Å². The first-order valence-corrected chi connectivity index (χ1v) is 12.1. The normalized spacial score (nSPS) is 22.2. The molecule has 2 saturated heterocycles. The number of rotatable bonds is 8. The van der Waals surface area contributed by atoms with Gasteiger partial charge in [0, 0.05) is 44.8 Å². The highest BCUT2D eigenvalue weighted by molar-refractivity contribution is 7.91. The second-order valence-corrected chi connectivity index (χ2v) is 10.7. The fraction of sp³-hybridized carbons (Fsp3) is 0.714. The quantitative estimate of drug-likeness (QED) is 0.609. The third-order valence-corrected chi connectivity index (χ3v) is 7.47. The highest BCUT2D eigenvalue weighted by atomic mass is 32.2. The van der Waals surface area contributed by atoms with Crippen molar-refractivity contribution < 1.29 is 17.9 Å². The lowest BCUT2D eigenvalue weighted by Gasteiger charge is -2.39. The summed E-state index contributed by atoms with van der Waals surface area (Å²) in [4.78, 5) is 4.48. The summed E-state index contributed by atoms with van der Waals surface area (Å²) in [5.41, 5.74) is 1.53. The van der Waals surface area contributed by atoms with Gasteiger partial charge in [-0.25, -0.2) is 8.42 Å². The zero-order valence-electron chi connectivity index (χ0n) is 17.2. The maximum Gasteiger partial charge on any atom is 0.152 e. The average molecular weight is 411 g/mol. The van der Waals surface area contributed by atoms with Crippen LogP contribution in [0.25, 0.3) is 0 Å². The predicted molar refractivity (Wildman–Crippen MR) is 112 cm³/mol. The largest absolute Gasteiger partial charge is 0.494 e. The van der Waals surface area contributed by atoms with Gasteiger partial charge in [0.25, 0.3) is 0 Å². The number of likely N-dealkylation sites (N-methyl/N-ethyl adjacent to an activating group) is 1. The molecular formula is C21H34N2O4S. The molecule has 1 aromatic carbocycles. The van der Waals surface area contributed by atoms with Crippen LogP contribution in [0.3, 0.4) is 0 Å². The number of hydrogen-bond donors (Lipinski definition) is 0. The number of hydrogen-bond acceptors (Lipinski definition) is 6. The monoisotopic (exact) mass is 410 g/mol. The number of sulfone groups is 1. The first-order valence-electron chi connectivity index (χ1n) is 10.3. The molecule has 7 heteroatoms. The van der Waals surface area contributed by atoms with Crippen LogP contribution in [0.5, 0.6) is 5.75 Å². The Morgan fingerprint density at radius 3 is 2.36 bits per heavy atom. The highest BCUT2D eigenvalue weighted by Crippen LogP contribution is 2.36. The van der Waals surface area contributed by atoms with E-state index in [-0.39, 0.29) is 16.9 Å². The summed E-state index contributed by atoms with van der Waals surface area (Å²) in [7, 11) is 1.46. The van der Waals surface area contributed by atoms with E-state index in [2.05, 4.69) is 48.2 Å². The first kappa shape index (κ1) is 21.6. The molecule has 2 heterocycles. The number of ether oxygens (including phenoxy) is 2. The van der Waals surface area contributed by atoms with E-state index < -0.39 is 9.84 Å². The number of nitrogens with zero attached hydrogens (tertiary/aromatic N) is 2. The lowest BCUT2D eigenvalue weighted by Crippen LogP contribution is -2.42. The molecule has 0 spiro atoms. The van der Waals surface area contributed by atoms with E-state index in [1.165, 1.54) is 5.56 Å². The van der Waals surface area contributed by atoms with Gasteiger partial charge in [-0.2, -0.15) is 0 Å². The summed E-state index contributed by atoms with van der Waals surface area (Å²) >= 11 is 0. The molecule has 0 aromatic heterocycles. The molecule has 28 heavy (non-hydrogen) atoms. The molecule has 158 valence electrons. The fourth-order valence-corrected chi connectivity index (χ4v) is 5.54. The van der Waals surface area contributed by atoms with E-state index in [1.807, 2.05) is 0 Å². The van der Waals surface area contributed by atoms with Gasteiger partial charge in [0.2, 0.25) is 0 Å². The molecule has 0 unspecified atom stereocenters. The van der Waals surface area contributed by atoms with Gasteiger partial charge < -0.3 is 19.3 Å². The van der Waals surface area contributed by atoms with Crippen LogP contribution in [0.4, 0.5) is 0 Å². The Labute approximate surface area is 169 Å². The Morgan fingerprint density at radius 1 is 1.11 bits per heavy atom. The van der Waals surface area contributed by atoms with Gasteiger partial charge in [-0.3, -0.25) is 0 Å². The van der Waals surface area contributed by atoms with Gasteiger partial charge in [-0.1, -0.05) is 12.1 Å². The third-order valence-electron chi connectivity index (χ3n) is 5.86. The maximum absolute atomic E-state index is 11.5. The lowest BCUT2D eigenvalue weighted by atomic mass is 9.74. The third kappa shape index (κ3) is 5.92. The number of benzene rings is 1. The first-order chi connectivity index (χ1) is 13.4. The van der Waals surface area contributed by atoms with Crippen LogP contribution >= 0.6 is 0 Å². The van der Waals surface area contributed by atoms with Gasteiger partial charge >= 0.3 is 0 Å². The summed E-state index contributed by atoms with van der Waals surface area (Å²) in [6.45, 7) is 5.51. The van der Waals surface area contributed by atoms with E-state index in [0.717, 1.165) is 51.3 Å². The molecule has 2 aliphatic heterocycles. The standard InChI is InChI=1S/C21H34N2O4S/c1-22(2)18-21(8-14-26-15-9-21)19-4-6-20(7-5-19)27-13-3-10-23-11-16-28(24,25)17-12-23/h4-7H,3,8-18H2,1-2H3. The molecule has 6 nitrogen and oxygen atoms in total. The molecule has 0 N–H and O–H groups in total. The van der Waals surface area contributed by atoms with Gasteiger partial charge in [-0.15, -0.1) is 0 Å². The molecular weight excluding hydrogens is 376 g/mol. The summed E-state index contributed by atoms with van der Waals surface area (Å²) in [6.07, 6.45) is 3.01. The minimum Gasteiger partial charge on any atom is -0.494 e. The van der Waals surface area contributed by atoms with Crippen LogP contribution in [0, 0.1) is 0 Å². The summed E-state index contributed by atoms with van der Waals surface area (Å²) < 4.78 is 34.5. The lowest BCUT2D eigenvalue weighted by molar-refractivity contribution is 0.0401. The van der Waals surface area contributed by atoms with E-state index in [4.69, 9.17) is 9.47 Å². The fourth-order valence-electron chi connectivity index (χ4n) is 4.26. The van der Waals surface area contributed by atoms with E-state index >= 15 is 0 Å². The molecule has 2 aliphatic rings. The van der Waals surface area contributed by atoms with Gasteiger partial charge in [-0.05, 0) is 51.1 Å². The van der Waals surface area contributed by atoms with Crippen molar-refractivity contribution in [2.75, 3.05) is 71.6 Å². The SMILES string of the molecule is CN(C)CC1(c2ccc(OCCCN3CCS(=O)(=O)CC3)cc2)CCOCC1. The molecule has 0 atom stereocenters. The Kier molecular flexibility index (Phi) is 7.36. The van der Waals surface area contributed by atoms with Gasteiger partial charge in [0.1, 0.15) is 5.75 Å². The molecule has 3 rings (SSSR count). The molecule has 2 fully saturated rings. The average Bonchev–Trinajstić information content (AvgIpc) is 2.67. The van der Waals surface area contributed by atoms with E-state index in [9.17, 15) is 8.42 Å². The van der Waals surface area contributed by atoms with Gasteiger partial charge in [0.05, 0.1) is 18.1 Å². The molecule has 0 bridgehead atoms. The van der Waals surface area contributed by atoms with Crippen molar-refractivity contribution in [3.05, 3.63) is 29.8 Å². The van der Waals surface area contributed by atoms with E-state index in [0.29, 0.717) is 19.7 Å². The Bertz CT molecular complexity index is 698. The van der Waals surface area contributed by atoms with Crippen molar-refractivity contribution in [3.8, 4) is 5.75 Å². The van der Waals surface area contributed by atoms with Crippen LogP contribution in [-0.4, -0.2) is 89.8 Å². The topological polar surface area (TPSA) is 59.1 Å². The van der Waals surface area contributed by atoms with Crippen molar-refractivity contribution in [2.45, 2.75) is 24.7 Å².